The molecule has 4 rings (SSSR count). The number of hydrogen-bond acceptors (Lipinski definition) is 5. The largest absolute Gasteiger partial charge is 0.508 e. The number of carbonyl (C=O) groups is 2. The normalized spacial score (nSPS) is 21.1. The maximum atomic E-state index is 13.1. The van der Waals surface area contributed by atoms with Crippen LogP contribution in [-0.2, 0) is 9.59 Å². The van der Waals surface area contributed by atoms with Gasteiger partial charge in [0.1, 0.15) is 11.5 Å². The SMILES string of the molecule is COc1c(Cl)cc(/C(O)=C2\C(=O)C(=O)N(C3CCCC3)C2c2ccc(O)cc2)cc1Cl. The summed E-state index contributed by atoms with van der Waals surface area (Å²) in [5.74, 6) is -1.44. The summed E-state index contributed by atoms with van der Waals surface area (Å²) in [4.78, 5) is 27.7. The molecule has 1 saturated carbocycles. The highest BCUT2D eigenvalue weighted by molar-refractivity contribution is 6.47. The molecule has 8 heteroatoms. The van der Waals surface area contributed by atoms with E-state index in [0.717, 1.165) is 25.7 Å². The van der Waals surface area contributed by atoms with E-state index in [1.807, 2.05) is 0 Å². The molecule has 1 heterocycles. The van der Waals surface area contributed by atoms with Crippen LogP contribution in [0.1, 0.15) is 42.9 Å². The number of phenols is 1. The molecule has 0 spiro atoms. The number of likely N-dealkylation sites (tertiary alicyclic amines) is 1. The van der Waals surface area contributed by atoms with Crippen molar-refractivity contribution in [2.45, 2.75) is 37.8 Å². The van der Waals surface area contributed by atoms with E-state index in [0.29, 0.717) is 5.56 Å². The van der Waals surface area contributed by atoms with Gasteiger partial charge in [-0.25, -0.2) is 0 Å². The molecule has 0 radical (unpaired) electrons. The third-order valence-electron chi connectivity index (χ3n) is 5.88. The number of halogens is 2. The van der Waals surface area contributed by atoms with Gasteiger partial charge in [-0.05, 0) is 42.7 Å². The average Bonchev–Trinajstić information content (AvgIpc) is 3.35. The average molecular weight is 462 g/mol. The zero-order chi connectivity index (χ0) is 22.3. The minimum Gasteiger partial charge on any atom is -0.508 e. The second kappa shape index (κ2) is 8.44. The molecular formula is C23H21Cl2NO5. The van der Waals surface area contributed by atoms with Crippen LogP contribution in [-0.4, -0.2) is 40.0 Å². The third-order valence-corrected chi connectivity index (χ3v) is 6.44. The summed E-state index contributed by atoms with van der Waals surface area (Å²) in [7, 11) is 1.42. The Morgan fingerprint density at radius 2 is 1.65 bits per heavy atom. The van der Waals surface area contributed by atoms with E-state index in [-0.39, 0.29) is 44.5 Å². The van der Waals surface area contributed by atoms with E-state index < -0.39 is 17.7 Å². The Kier molecular flexibility index (Phi) is 5.86. The number of methoxy groups -OCH3 is 1. The molecule has 1 atom stereocenters. The Morgan fingerprint density at radius 3 is 2.19 bits per heavy atom. The van der Waals surface area contributed by atoms with Gasteiger partial charge in [0, 0.05) is 11.6 Å². The quantitative estimate of drug-likeness (QED) is 0.376. The highest BCUT2D eigenvalue weighted by Gasteiger charge is 2.49. The number of aliphatic hydroxyl groups excluding tert-OH is 1. The van der Waals surface area contributed by atoms with E-state index in [4.69, 9.17) is 27.9 Å². The summed E-state index contributed by atoms with van der Waals surface area (Å²) < 4.78 is 5.15. The first kappa shape index (κ1) is 21.5. The molecule has 2 N–H and O–H groups in total. The fourth-order valence-corrected chi connectivity index (χ4v) is 5.08. The van der Waals surface area contributed by atoms with Crippen LogP contribution in [0.3, 0.4) is 0 Å². The lowest BCUT2D eigenvalue weighted by Crippen LogP contribution is -2.37. The number of phenolic OH excluding ortho intramolecular Hbond substituents is 1. The van der Waals surface area contributed by atoms with Crippen LogP contribution in [0, 0.1) is 0 Å². The van der Waals surface area contributed by atoms with Crippen LogP contribution in [0.15, 0.2) is 42.0 Å². The van der Waals surface area contributed by atoms with Gasteiger partial charge in [-0.15, -0.1) is 0 Å². The second-order valence-electron chi connectivity index (χ2n) is 7.71. The molecule has 1 unspecified atom stereocenters. The number of ether oxygens (including phenoxy) is 1. The van der Waals surface area contributed by atoms with E-state index >= 15 is 0 Å². The van der Waals surface area contributed by atoms with Gasteiger partial charge in [-0.1, -0.05) is 48.2 Å². The second-order valence-corrected chi connectivity index (χ2v) is 8.52. The van der Waals surface area contributed by atoms with E-state index in [2.05, 4.69) is 0 Å². The van der Waals surface area contributed by atoms with Crippen molar-refractivity contribution in [2.75, 3.05) is 7.11 Å². The van der Waals surface area contributed by atoms with Crippen molar-refractivity contribution in [3.05, 3.63) is 63.1 Å². The van der Waals surface area contributed by atoms with Gasteiger partial charge in [-0.2, -0.15) is 0 Å². The smallest absolute Gasteiger partial charge is 0.295 e. The first-order chi connectivity index (χ1) is 14.8. The maximum Gasteiger partial charge on any atom is 0.295 e. The lowest BCUT2D eigenvalue weighted by atomic mass is 9.94. The standard InChI is InChI=1S/C23H21Cl2NO5/c1-31-22-16(24)10-13(11-17(22)25)20(28)18-19(12-6-8-15(27)9-7-12)26(23(30)21(18)29)14-4-2-3-5-14/h6-11,14,19,27-28H,2-5H2,1H3/b20-18+. The number of benzene rings is 2. The minimum absolute atomic E-state index is 0.0279. The lowest BCUT2D eigenvalue weighted by molar-refractivity contribution is -0.141. The van der Waals surface area contributed by atoms with Crippen LogP contribution in [0.2, 0.25) is 10.0 Å². The Morgan fingerprint density at radius 1 is 1.06 bits per heavy atom. The minimum atomic E-state index is -0.775. The van der Waals surface area contributed by atoms with Crippen molar-refractivity contribution < 1.29 is 24.5 Å². The molecule has 2 aromatic carbocycles. The van der Waals surface area contributed by atoms with Crippen molar-refractivity contribution >= 4 is 40.7 Å². The Hall–Kier alpha value is -2.70. The number of amides is 1. The van der Waals surface area contributed by atoms with Gasteiger partial charge in [0.15, 0.2) is 5.75 Å². The molecule has 2 aliphatic rings. The number of ketones is 1. The molecule has 0 bridgehead atoms. The zero-order valence-electron chi connectivity index (χ0n) is 16.8. The van der Waals surface area contributed by atoms with E-state index in [1.54, 1.807) is 17.0 Å². The fraction of sp³-hybridized carbons (Fsp3) is 0.304. The highest BCUT2D eigenvalue weighted by Crippen LogP contribution is 2.44. The summed E-state index contributed by atoms with van der Waals surface area (Å²) in [6, 6.07) is 8.30. The lowest BCUT2D eigenvalue weighted by Gasteiger charge is -2.30. The molecule has 1 amide bonds. The topological polar surface area (TPSA) is 87.1 Å². The number of Topliss-reactive ketones (excluding diaryl/α,β-unsaturated/α-hetero) is 1. The van der Waals surface area contributed by atoms with Crippen LogP contribution in [0.4, 0.5) is 0 Å². The Balaban J connectivity index is 1.90. The number of hydrogen-bond donors (Lipinski definition) is 2. The summed E-state index contributed by atoms with van der Waals surface area (Å²) in [6.07, 6.45) is 3.53. The van der Waals surface area contributed by atoms with Gasteiger partial charge in [0.25, 0.3) is 11.7 Å². The molecule has 2 aromatic rings. The fourth-order valence-electron chi connectivity index (χ4n) is 4.44. The molecule has 1 aliphatic heterocycles. The van der Waals surface area contributed by atoms with E-state index in [9.17, 15) is 19.8 Å². The molecule has 1 aliphatic carbocycles. The maximum absolute atomic E-state index is 13.1. The number of nitrogens with zero attached hydrogens (tertiary/aromatic N) is 1. The van der Waals surface area contributed by atoms with Crippen molar-refractivity contribution in [3.8, 4) is 11.5 Å². The predicted molar refractivity (Wildman–Crippen MR) is 118 cm³/mol. The van der Waals surface area contributed by atoms with Crippen LogP contribution < -0.4 is 4.74 Å². The number of aromatic hydroxyl groups is 1. The Labute approximate surface area is 189 Å². The first-order valence-corrected chi connectivity index (χ1v) is 10.7. The van der Waals surface area contributed by atoms with Gasteiger partial charge in [-0.3, -0.25) is 9.59 Å². The molecule has 0 aromatic heterocycles. The van der Waals surface area contributed by atoms with Crippen molar-refractivity contribution in [2.24, 2.45) is 0 Å². The molecule has 162 valence electrons. The van der Waals surface area contributed by atoms with Crippen LogP contribution in [0.25, 0.3) is 5.76 Å². The summed E-state index contributed by atoms with van der Waals surface area (Å²) in [5.41, 5.74) is 0.806. The molecule has 2 fully saturated rings. The number of aliphatic hydroxyl groups is 1. The predicted octanol–water partition coefficient (Wildman–Crippen LogP) is 5.07. The number of carbonyl (C=O) groups excluding carboxylic acids is 2. The monoisotopic (exact) mass is 461 g/mol. The van der Waals surface area contributed by atoms with E-state index in [1.165, 1.54) is 31.4 Å². The first-order valence-electron chi connectivity index (χ1n) is 9.96. The third kappa shape index (κ3) is 3.75. The summed E-state index contributed by atoms with van der Waals surface area (Å²) >= 11 is 12.4. The van der Waals surface area contributed by atoms with Crippen LogP contribution in [0.5, 0.6) is 11.5 Å². The summed E-state index contributed by atoms with van der Waals surface area (Å²) in [5, 5.41) is 21.2. The van der Waals surface area contributed by atoms with Gasteiger partial charge >= 0.3 is 0 Å². The molecule has 6 nitrogen and oxygen atoms in total. The highest BCUT2D eigenvalue weighted by atomic mass is 35.5. The van der Waals surface area contributed by atoms with Crippen molar-refractivity contribution in [1.82, 2.24) is 4.90 Å². The Bertz CT molecular complexity index is 1050. The van der Waals surface area contributed by atoms with Gasteiger partial charge < -0.3 is 19.8 Å². The van der Waals surface area contributed by atoms with Crippen molar-refractivity contribution in [3.63, 3.8) is 0 Å². The number of rotatable bonds is 4. The van der Waals surface area contributed by atoms with Gasteiger partial charge in [0.2, 0.25) is 0 Å². The molecular weight excluding hydrogens is 441 g/mol. The van der Waals surface area contributed by atoms with Crippen molar-refractivity contribution in [1.29, 1.82) is 0 Å². The summed E-state index contributed by atoms with van der Waals surface area (Å²) in [6.45, 7) is 0. The zero-order valence-corrected chi connectivity index (χ0v) is 18.3. The van der Waals surface area contributed by atoms with Gasteiger partial charge in [0.05, 0.1) is 28.8 Å². The van der Waals surface area contributed by atoms with Crippen LogP contribution >= 0.6 is 23.2 Å². The molecule has 1 saturated heterocycles. The molecule has 31 heavy (non-hydrogen) atoms.